The fourth-order valence-electron chi connectivity index (χ4n) is 2.94. The zero-order chi connectivity index (χ0) is 18.1. The Labute approximate surface area is 155 Å². The quantitative estimate of drug-likeness (QED) is 0.707. The molecule has 134 valence electrons. The highest BCUT2D eigenvalue weighted by atomic mass is 32.1. The molecule has 1 atom stereocenters. The lowest BCUT2D eigenvalue weighted by molar-refractivity contribution is 0.102. The van der Waals surface area contributed by atoms with E-state index in [4.69, 9.17) is 4.74 Å². The lowest BCUT2D eigenvalue weighted by Gasteiger charge is -2.14. The predicted molar refractivity (Wildman–Crippen MR) is 102 cm³/mol. The number of nitrogens with zero attached hydrogens (tertiary/aromatic N) is 3. The van der Waals surface area contributed by atoms with Crippen LogP contribution in [0.1, 0.15) is 36.3 Å². The highest BCUT2D eigenvalue weighted by Gasteiger charge is 2.31. The second-order valence-corrected chi connectivity index (χ2v) is 7.32. The molecule has 2 heterocycles. The molecule has 1 aliphatic rings. The Morgan fingerprint density at radius 3 is 2.77 bits per heavy atom. The molecule has 2 aromatic heterocycles. The molecule has 4 rings (SSSR count). The van der Waals surface area contributed by atoms with Crippen LogP contribution >= 0.6 is 11.3 Å². The maximum absolute atomic E-state index is 12.6. The van der Waals surface area contributed by atoms with Crippen molar-refractivity contribution in [2.45, 2.75) is 25.8 Å². The van der Waals surface area contributed by atoms with E-state index < -0.39 is 0 Å². The first-order valence-corrected chi connectivity index (χ1v) is 9.48. The minimum Gasteiger partial charge on any atom is -0.497 e. The molecule has 6 nitrogen and oxygen atoms in total. The molecule has 1 unspecified atom stereocenters. The molecule has 1 fully saturated rings. The second-order valence-electron chi connectivity index (χ2n) is 6.46. The van der Waals surface area contributed by atoms with E-state index in [2.05, 4.69) is 22.3 Å². The number of rotatable bonds is 6. The van der Waals surface area contributed by atoms with Crippen LogP contribution in [0.4, 0.5) is 5.82 Å². The number of nitrogens with one attached hydrogen (secondary N) is 1. The first kappa shape index (κ1) is 16.8. The molecule has 1 amide bonds. The Kier molecular flexibility index (Phi) is 4.46. The number of carbonyl (C=O) groups is 1. The Hall–Kier alpha value is -2.67. The first-order chi connectivity index (χ1) is 12.7. The number of aromatic nitrogens is 3. The highest BCUT2D eigenvalue weighted by Crippen LogP contribution is 2.40. The average Bonchev–Trinajstić information content (AvgIpc) is 3.22. The SMILES string of the molecule is COc1ccc(-c2nc(C(=O)Nc3ccnn3C(C)C3CC3)cs2)cc1. The van der Waals surface area contributed by atoms with E-state index in [0.29, 0.717) is 23.5 Å². The number of carbonyl (C=O) groups excluding carboxylic acids is 1. The maximum atomic E-state index is 12.6. The molecule has 0 saturated heterocycles. The minimum atomic E-state index is -0.217. The van der Waals surface area contributed by atoms with Crippen molar-refractivity contribution in [1.82, 2.24) is 14.8 Å². The number of benzene rings is 1. The van der Waals surface area contributed by atoms with Gasteiger partial charge in [0.1, 0.15) is 22.3 Å². The normalized spacial score (nSPS) is 14.8. The summed E-state index contributed by atoms with van der Waals surface area (Å²) in [5.41, 5.74) is 1.37. The summed E-state index contributed by atoms with van der Waals surface area (Å²) in [6, 6.07) is 9.76. The van der Waals surface area contributed by atoms with E-state index in [-0.39, 0.29) is 5.91 Å². The van der Waals surface area contributed by atoms with Crippen LogP contribution in [-0.2, 0) is 0 Å². The lowest BCUT2D eigenvalue weighted by atomic mass is 10.2. The standard InChI is InChI=1S/C19H20N4O2S/c1-12(13-3-4-13)23-17(9-10-20-23)22-18(24)16-11-26-19(21-16)14-5-7-15(25-2)8-6-14/h5-13H,3-4H2,1-2H3,(H,22,24). The molecule has 0 radical (unpaired) electrons. The van der Waals surface area contributed by atoms with Crippen LogP contribution in [0.2, 0.25) is 0 Å². The average molecular weight is 368 g/mol. The van der Waals surface area contributed by atoms with Crippen molar-refractivity contribution in [2.24, 2.45) is 5.92 Å². The molecule has 3 aromatic rings. The zero-order valence-electron chi connectivity index (χ0n) is 14.7. The summed E-state index contributed by atoms with van der Waals surface area (Å²) in [7, 11) is 1.63. The van der Waals surface area contributed by atoms with Crippen molar-refractivity contribution in [1.29, 1.82) is 0 Å². The van der Waals surface area contributed by atoms with Crippen molar-refractivity contribution in [3.8, 4) is 16.3 Å². The second kappa shape index (κ2) is 6.92. The van der Waals surface area contributed by atoms with Crippen LogP contribution in [0.15, 0.2) is 41.9 Å². The summed E-state index contributed by atoms with van der Waals surface area (Å²) >= 11 is 1.45. The number of thiazole rings is 1. The van der Waals surface area contributed by atoms with Crippen LogP contribution in [0.25, 0.3) is 10.6 Å². The van der Waals surface area contributed by atoms with Crippen LogP contribution < -0.4 is 10.1 Å². The fourth-order valence-corrected chi connectivity index (χ4v) is 3.75. The molecule has 1 aromatic carbocycles. The molecule has 0 bridgehead atoms. The van der Waals surface area contributed by atoms with E-state index in [1.165, 1.54) is 24.2 Å². The van der Waals surface area contributed by atoms with Gasteiger partial charge in [-0.05, 0) is 49.9 Å². The largest absolute Gasteiger partial charge is 0.497 e. The smallest absolute Gasteiger partial charge is 0.276 e. The first-order valence-electron chi connectivity index (χ1n) is 8.60. The number of hydrogen-bond acceptors (Lipinski definition) is 5. The third-order valence-electron chi connectivity index (χ3n) is 4.68. The van der Waals surface area contributed by atoms with E-state index in [1.54, 1.807) is 18.7 Å². The number of amides is 1. The summed E-state index contributed by atoms with van der Waals surface area (Å²) in [6.45, 7) is 2.14. The molecule has 1 saturated carbocycles. The van der Waals surface area contributed by atoms with Gasteiger partial charge >= 0.3 is 0 Å². The van der Waals surface area contributed by atoms with Crippen LogP contribution in [0, 0.1) is 5.92 Å². The fraction of sp³-hybridized carbons (Fsp3) is 0.316. The Morgan fingerprint density at radius 2 is 2.08 bits per heavy atom. The Balaban J connectivity index is 1.49. The molecular weight excluding hydrogens is 348 g/mol. The van der Waals surface area contributed by atoms with Gasteiger partial charge in [0.05, 0.1) is 19.3 Å². The van der Waals surface area contributed by atoms with Gasteiger partial charge in [-0.3, -0.25) is 4.79 Å². The van der Waals surface area contributed by atoms with Gasteiger partial charge in [-0.25, -0.2) is 9.67 Å². The van der Waals surface area contributed by atoms with Gasteiger partial charge in [-0.15, -0.1) is 11.3 Å². The van der Waals surface area contributed by atoms with E-state index in [9.17, 15) is 4.79 Å². The summed E-state index contributed by atoms with van der Waals surface area (Å²) in [5, 5.41) is 9.89. The van der Waals surface area contributed by atoms with Crippen molar-refractivity contribution >= 4 is 23.1 Å². The number of hydrogen-bond donors (Lipinski definition) is 1. The van der Waals surface area contributed by atoms with Gasteiger partial charge in [0.15, 0.2) is 0 Å². The number of ether oxygens (including phenoxy) is 1. The third kappa shape index (κ3) is 3.35. The molecule has 7 heteroatoms. The van der Waals surface area contributed by atoms with E-state index in [0.717, 1.165) is 16.3 Å². The van der Waals surface area contributed by atoms with Crippen molar-refractivity contribution < 1.29 is 9.53 Å². The molecule has 1 N–H and O–H groups in total. The van der Waals surface area contributed by atoms with Crippen molar-refractivity contribution in [2.75, 3.05) is 12.4 Å². The van der Waals surface area contributed by atoms with Gasteiger partial charge in [0, 0.05) is 17.0 Å². The Bertz CT molecular complexity index is 912. The molecular formula is C19H20N4O2S. The molecule has 26 heavy (non-hydrogen) atoms. The van der Waals surface area contributed by atoms with Gasteiger partial charge in [0.2, 0.25) is 0 Å². The summed E-state index contributed by atoms with van der Waals surface area (Å²) < 4.78 is 7.06. The predicted octanol–water partition coefficient (Wildman–Crippen LogP) is 4.24. The van der Waals surface area contributed by atoms with Gasteiger partial charge in [-0.2, -0.15) is 5.10 Å². The molecule has 0 spiro atoms. The Morgan fingerprint density at radius 1 is 1.31 bits per heavy atom. The lowest BCUT2D eigenvalue weighted by Crippen LogP contribution is -2.18. The third-order valence-corrected chi connectivity index (χ3v) is 5.57. The summed E-state index contributed by atoms with van der Waals surface area (Å²) in [5.74, 6) is 1.95. The topological polar surface area (TPSA) is 69.0 Å². The number of methoxy groups -OCH3 is 1. The van der Waals surface area contributed by atoms with E-state index in [1.807, 2.05) is 35.0 Å². The van der Waals surface area contributed by atoms with E-state index >= 15 is 0 Å². The number of anilines is 1. The maximum Gasteiger partial charge on any atom is 0.276 e. The van der Waals surface area contributed by atoms with Crippen LogP contribution in [0.5, 0.6) is 5.75 Å². The zero-order valence-corrected chi connectivity index (χ0v) is 15.5. The van der Waals surface area contributed by atoms with Crippen molar-refractivity contribution in [3.05, 3.63) is 47.6 Å². The van der Waals surface area contributed by atoms with Gasteiger partial charge in [0.25, 0.3) is 5.91 Å². The molecule has 1 aliphatic carbocycles. The van der Waals surface area contributed by atoms with Crippen molar-refractivity contribution in [3.63, 3.8) is 0 Å². The monoisotopic (exact) mass is 368 g/mol. The van der Waals surface area contributed by atoms with Gasteiger partial charge < -0.3 is 10.1 Å². The minimum absolute atomic E-state index is 0.217. The summed E-state index contributed by atoms with van der Waals surface area (Å²) in [4.78, 5) is 17.1. The van der Waals surface area contributed by atoms with Gasteiger partial charge in [-0.1, -0.05) is 0 Å². The molecule has 0 aliphatic heterocycles. The van der Waals surface area contributed by atoms with Crippen LogP contribution in [0.3, 0.4) is 0 Å². The van der Waals surface area contributed by atoms with Crippen LogP contribution in [-0.4, -0.2) is 27.8 Å². The summed E-state index contributed by atoms with van der Waals surface area (Å²) in [6.07, 6.45) is 4.18. The highest BCUT2D eigenvalue weighted by molar-refractivity contribution is 7.13.